The van der Waals surface area contributed by atoms with Crippen molar-refractivity contribution in [3.8, 4) is 5.75 Å². The number of para-hydroxylation sites is 1. The van der Waals surface area contributed by atoms with Gasteiger partial charge in [-0.05, 0) is 18.6 Å². The van der Waals surface area contributed by atoms with Gasteiger partial charge in [-0.1, -0.05) is 31.5 Å². The molecule has 0 fully saturated rings. The lowest BCUT2D eigenvalue weighted by atomic mass is 10.2. The number of ether oxygens (including phenoxy) is 1. The van der Waals surface area contributed by atoms with Crippen LogP contribution in [0.15, 0.2) is 30.3 Å². The number of hydrogen-bond acceptors (Lipinski definition) is 3. The van der Waals surface area contributed by atoms with Crippen molar-refractivity contribution in [3.63, 3.8) is 0 Å². The van der Waals surface area contributed by atoms with Gasteiger partial charge in [0.15, 0.2) is 0 Å². The van der Waals surface area contributed by atoms with Crippen molar-refractivity contribution in [2.45, 2.75) is 25.8 Å². The van der Waals surface area contributed by atoms with Crippen molar-refractivity contribution in [2.24, 2.45) is 0 Å². The highest BCUT2D eigenvalue weighted by Crippen LogP contribution is 2.08. The largest absolute Gasteiger partial charge is 0.480 e. The van der Waals surface area contributed by atoms with Crippen molar-refractivity contribution in [3.05, 3.63) is 30.3 Å². The fourth-order valence-corrected chi connectivity index (χ4v) is 1.31. The molecule has 92 valence electrons. The smallest absolute Gasteiger partial charge is 0.413 e. The minimum absolute atomic E-state index is 0.374. The lowest BCUT2D eigenvalue weighted by Crippen LogP contribution is -2.42. The number of carbonyl (C=O) groups excluding carboxylic acids is 1. The first-order chi connectivity index (χ1) is 8.13. The third kappa shape index (κ3) is 4.55. The van der Waals surface area contributed by atoms with Gasteiger partial charge in [0.05, 0.1) is 0 Å². The molecular formula is C12H15NO4. The zero-order valence-electron chi connectivity index (χ0n) is 9.55. The van der Waals surface area contributed by atoms with E-state index >= 15 is 0 Å². The van der Waals surface area contributed by atoms with Gasteiger partial charge in [0.25, 0.3) is 0 Å². The van der Waals surface area contributed by atoms with Crippen LogP contribution in [0.3, 0.4) is 0 Å². The maximum atomic E-state index is 11.4. The molecule has 0 spiro atoms. The van der Waals surface area contributed by atoms with Crippen LogP contribution in [-0.4, -0.2) is 23.2 Å². The summed E-state index contributed by atoms with van der Waals surface area (Å²) in [6.45, 7) is 1.85. The molecule has 5 nitrogen and oxygen atoms in total. The van der Waals surface area contributed by atoms with E-state index < -0.39 is 18.1 Å². The summed E-state index contributed by atoms with van der Waals surface area (Å²) in [5, 5.41) is 11.2. The Morgan fingerprint density at radius 2 is 2.00 bits per heavy atom. The van der Waals surface area contributed by atoms with Gasteiger partial charge in [0, 0.05) is 0 Å². The molecule has 0 aromatic heterocycles. The second kappa shape index (κ2) is 6.52. The summed E-state index contributed by atoms with van der Waals surface area (Å²) in [7, 11) is 0. The van der Waals surface area contributed by atoms with Crippen molar-refractivity contribution >= 4 is 12.1 Å². The van der Waals surface area contributed by atoms with Gasteiger partial charge in [-0.25, -0.2) is 9.59 Å². The summed E-state index contributed by atoms with van der Waals surface area (Å²) >= 11 is 0. The predicted molar refractivity (Wildman–Crippen MR) is 61.9 cm³/mol. The van der Waals surface area contributed by atoms with Crippen LogP contribution < -0.4 is 10.1 Å². The van der Waals surface area contributed by atoms with E-state index in [1.165, 1.54) is 0 Å². The monoisotopic (exact) mass is 237 g/mol. The molecule has 0 aliphatic heterocycles. The predicted octanol–water partition coefficient (Wildman–Crippen LogP) is 2.03. The molecule has 0 aliphatic rings. The third-order valence-electron chi connectivity index (χ3n) is 2.12. The average Bonchev–Trinajstić information content (AvgIpc) is 2.29. The molecule has 17 heavy (non-hydrogen) atoms. The number of nitrogens with one attached hydrogen (secondary N) is 1. The van der Waals surface area contributed by atoms with Gasteiger partial charge in [0.1, 0.15) is 11.8 Å². The second-order valence-electron chi connectivity index (χ2n) is 3.53. The molecule has 0 saturated heterocycles. The van der Waals surface area contributed by atoms with E-state index in [2.05, 4.69) is 5.32 Å². The van der Waals surface area contributed by atoms with Crippen LogP contribution in [0.25, 0.3) is 0 Å². The maximum Gasteiger partial charge on any atom is 0.413 e. The Kier molecular flexibility index (Phi) is 5.00. The standard InChI is InChI=1S/C12H15NO4/c1-2-6-10(11(14)15)13-12(16)17-9-7-4-3-5-8-9/h3-5,7-8,10H,2,6H2,1H3,(H,13,16)(H,14,15). The summed E-state index contributed by atoms with van der Waals surface area (Å²) < 4.78 is 4.93. The molecule has 0 radical (unpaired) electrons. The van der Waals surface area contributed by atoms with Gasteiger partial charge in [-0.3, -0.25) is 0 Å². The number of benzene rings is 1. The molecule has 0 heterocycles. The first-order valence-electron chi connectivity index (χ1n) is 5.39. The molecule has 5 heteroatoms. The summed E-state index contributed by atoms with van der Waals surface area (Å²) in [4.78, 5) is 22.2. The Bertz CT molecular complexity index is 377. The quantitative estimate of drug-likeness (QED) is 0.821. The van der Waals surface area contributed by atoms with Gasteiger partial charge in [-0.2, -0.15) is 0 Å². The number of aliphatic carboxylic acids is 1. The molecular weight excluding hydrogens is 222 g/mol. The van der Waals surface area contributed by atoms with E-state index in [1.54, 1.807) is 30.3 Å². The SMILES string of the molecule is CCCC(NC(=O)Oc1ccccc1)C(=O)O. The van der Waals surface area contributed by atoms with E-state index in [0.29, 0.717) is 18.6 Å². The van der Waals surface area contributed by atoms with Gasteiger partial charge in [-0.15, -0.1) is 0 Å². The van der Waals surface area contributed by atoms with Crippen LogP contribution in [0.2, 0.25) is 0 Å². The van der Waals surface area contributed by atoms with E-state index in [0.717, 1.165) is 0 Å². The highest BCUT2D eigenvalue weighted by atomic mass is 16.6. The number of carbonyl (C=O) groups is 2. The fraction of sp³-hybridized carbons (Fsp3) is 0.333. The van der Waals surface area contributed by atoms with Crippen LogP contribution in [0.1, 0.15) is 19.8 Å². The molecule has 0 saturated carbocycles. The number of carboxylic acid groups (broad SMARTS) is 1. The van der Waals surface area contributed by atoms with Crippen LogP contribution in [0, 0.1) is 0 Å². The fourth-order valence-electron chi connectivity index (χ4n) is 1.31. The highest BCUT2D eigenvalue weighted by Gasteiger charge is 2.19. The minimum Gasteiger partial charge on any atom is -0.480 e. The van der Waals surface area contributed by atoms with Gasteiger partial charge < -0.3 is 15.2 Å². The minimum atomic E-state index is -1.06. The van der Waals surface area contributed by atoms with E-state index in [9.17, 15) is 9.59 Å². The zero-order valence-corrected chi connectivity index (χ0v) is 9.55. The highest BCUT2D eigenvalue weighted by molar-refractivity contribution is 5.80. The molecule has 1 aromatic rings. The zero-order chi connectivity index (χ0) is 12.7. The Morgan fingerprint density at radius 1 is 1.35 bits per heavy atom. The van der Waals surface area contributed by atoms with Crippen molar-refractivity contribution in [1.29, 1.82) is 0 Å². The molecule has 1 unspecified atom stereocenters. The summed E-state index contributed by atoms with van der Waals surface area (Å²) in [5.41, 5.74) is 0. The lowest BCUT2D eigenvalue weighted by molar-refractivity contribution is -0.139. The molecule has 1 atom stereocenters. The topological polar surface area (TPSA) is 75.6 Å². The van der Waals surface area contributed by atoms with Gasteiger partial charge in [0.2, 0.25) is 0 Å². The van der Waals surface area contributed by atoms with Crippen LogP contribution in [0.5, 0.6) is 5.75 Å². The molecule has 2 N–H and O–H groups in total. The summed E-state index contributed by atoms with van der Waals surface area (Å²) in [5.74, 6) is -0.678. The van der Waals surface area contributed by atoms with E-state index in [4.69, 9.17) is 9.84 Å². The van der Waals surface area contributed by atoms with Crippen LogP contribution in [-0.2, 0) is 4.79 Å². The van der Waals surface area contributed by atoms with Crippen molar-refractivity contribution in [1.82, 2.24) is 5.32 Å². The molecule has 1 rings (SSSR count). The number of amides is 1. The van der Waals surface area contributed by atoms with Crippen LogP contribution in [0.4, 0.5) is 4.79 Å². The Morgan fingerprint density at radius 3 is 2.53 bits per heavy atom. The summed E-state index contributed by atoms with van der Waals surface area (Å²) in [6, 6.07) is 7.58. The van der Waals surface area contributed by atoms with Crippen molar-refractivity contribution in [2.75, 3.05) is 0 Å². The number of carboxylic acids is 1. The normalized spacial score (nSPS) is 11.6. The molecule has 1 aromatic carbocycles. The number of hydrogen-bond donors (Lipinski definition) is 2. The average molecular weight is 237 g/mol. The first kappa shape index (κ1) is 13.0. The molecule has 0 bridgehead atoms. The Labute approximate surface area is 99.4 Å². The second-order valence-corrected chi connectivity index (χ2v) is 3.53. The third-order valence-corrected chi connectivity index (χ3v) is 2.12. The Hall–Kier alpha value is -2.04. The maximum absolute atomic E-state index is 11.4. The lowest BCUT2D eigenvalue weighted by Gasteiger charge is -2.13. The Balaban J connectivity index is 2.51. The number of rotatable bonds is 5. The van der Waals surface area contributed by atoms with Crippen molar-refractivity contribution < 1.29 is 19.4 Å². The molecule has 1 amide bonds. The van der Waals surface area contributed by atoms with Crippen LogP contribution >= 0.6 is 0 Å². The first-order valence-corrected chi connectivity index (χ1v) is 5.39. The van der Waals surface area contributed by atoms with Gasteiger partial charge >= 0.3 is 12.1 Å². The van der Waals surface area contributed by atoms with E-state index in [1.807, 2.05) is 6.92 Å². The summed E-state index contributed by atoms with van der Waals surface area (Å²) in [6.07, 6.45) is 0.291. The van der Waals surface area contributed by atoms with E-state index in [-0.39, 0.29) is 0 Å². The molecule has 0 aliphatic carbocycles.